The molecule has 13 heavy (non-hydrogen) atoms. The van der Waals surface area contributed by atoms with E-state index in [0.29, 0.717) is 0 Å². The second-order valence-electron chi connectivity index (χ2n) is 3.81. The Morgan fingerprint density at radius 3 is 3.15 bits per heavy atom. The van der Waals surface area contributed by atoms with E-state index in [1.54, 1.807) is 0 Å². The van der Waals surface area contributed by atoms with Crippen LogP contribution < -0.4 is 5.32 Å². The second-order valence-corrected chi connectivity index (χ2v) is 3.81. The van der Waals surface area contributed by atoms with E-state index in [2.05, 4.69) is 23.7 Å². The van der Waals surface area contributed by atoms with Crippen LogP contribution in [0.1, 0.15) is 26.2 Å². The van der Waals surface area contributed by atoms with Crippen LogP contribution in [0.3, 0.4) is 0 Å². The fourth-order valence-electron chi connectivity index (χ4n) is 2.27. The number of rotatable bonds is 1. The normalized spacial score (nSPS) is 33.2. The monoisotopic (exact) mass is 180 g/mol. The minimum Gasteiger partial charge on any atom is -0.362 e. The number of carbonyl (C=O) groups excluding carboxylic acids is 1. The second kappa shape index (κ2) is 3.05. The molecule has 0 bridgehead atoms. The zero-order valence-corrected chi connectivity index (χ0v) is 8.05. The molecule has 3 heteroatoms. The summed E-state index contributed by atoms with van der Waals surface area (Å²) < 4.78 is 0. The highest BCUT2D eigenvalue weighted by atomic mass is 16.2. The van der Waals surface area contributed by atoms with Gasteiger partial charge in [0.25, 0.3) is 0 Å². The maximum atomic E-state index is 11.6. The third-order valence-corrected chi connectivity index (χ3v) is 3.05. The molecule has 0 aromatic heterocycles. The quantitative estimate of drug-likeness (QED) is 0.649. The molecule has 2 fully saturated rings. The molecule has 1 N–H and O–H groups in total. The van der Waals surface area contributed by atoms with Gasteiger partial charge in [-0.1, -0.05) is 13.5 Å². The molecule has 2 atom stereocenters. The Bertz CT molecular complexity index is 249. The molecule has 1 amide bonds. The van der Waals surface area contributed by atoms with Crippen LogP contribution in [0.15, 0.2) is 12.3 Å². The molecular formula is C10H16N2O. The number of carbonyl (C=O) groups is 1. The lowest BCUT2D eigenvalue weighted by Gasteiger charge is -2.38. The van der Waals surface area contributed by atoms with Crippen LogP contribution in [0.5, 0.6) is 0 Å². The lowest BCUT2D eigenvalue weighted by atomic mass is 10.0. The Labute approximate surface area is 78.8 Å². The smallest absolute Gasteiger partial charge is 0.243 e. The predicted octanol–water partition coefficient (Wildman–Crippen LogP) is 0.873. The molecule has 3 nitrogen and oxygen atoms in total. The van der Waals surface area contributed by atoms with Crippen molar-refractivity contribution >= 4 is 5.91 Å². The fourth-order valence-corrected chi connectivity index (χ4v) is 2.27. The molecule has 72 valence electrons. The third kappa shape index (κ3) is 1.23. The van der Waals surface area contributed by atoms with E-state index < -0.39 is 0 Å². The summed E-state index contributed by atoms with van der Waals surface area (Å²) in [4.78, 5) is 13.8. The van der Waals surface area contributed by atoms with Crippen molar-refractivity contribution in [3.8, 4) is 0 Å². The molecule has 0 aromatic carbocycles. The van der Waals surface area contributed by atoms with Gasteiger partial charge in [-0.3, -0.25) is 4.79 Å². The molecule has 0 saturated carbocycles. The van der Waals surface area contributed by atoms with Gasteiger partial charge < -0.3 is 10.2 Å². The first-order valence-electron chi connectivity index (χ1n) is 5.00. The summed E-state index contributed by atoms with van der Waals surface area (Å²) in [7, 11) is 0. The Morgan fingerprint density at radius 1 is 1.69 bits per heavy atom. The van der Waals surface area contributed by atoms with E-state index in [0.717, 1.165) is 31.5 Å². The van der Waals surface area contributed by atoms with Gasteiger partial charge >= 0.3 is 0 Å². The van der Waals surface area contributed by atoms with E-state index in [4.69, 9.17) is 0 Å². The SMILES string of the molecule is C=C1[C@H](CC)NC(=O)[C@@H]2CCCN12. The van der Waals surface area contributed by atoms with Gasteiger partial charge in [-0.2, -0.15) is 0 Å². The first kappa shape index (κ1) is 8.60. The zero-order valence-electron chi connectivity index (χ0n) is 8.05. The molecule has 0 spiro atoms. The fraction of sp³-hybridized carbons (Fsp3) is 0.700. The van der Waals surface area contributed by atoms with Crippen molar-refractivity contribution in [3.63, 3.8) is 0 Å². The van der Waals surface area contributed by atoms with Gasteiger partial charge in [0.2, 0.25) is 5.91 Å². The Kier molecular flexibility index (Phi) is 2.02. The van der Waals surface area contributed by atoms with Crippen LogP contribution >= 0.6 is 0 Å². The Balaban J connectivity index is 2.19. The Hall–Kier alpha value is -0.990. The highest BCUT2D eigenvalue weighted by Gasteiger charge is 2.38. The minimum atomic E-state index is 0.0790. The van der Waals surface area contributed by atoms with Crippen LogP contribution in [-0.2, 0) is 4.79 Å². The van der Waals surface area contributed by atoms with Crippen LogP contribution in [0.4, 0.5) is 0 Å². The topological polar surface area (TPSA) is 32.3 Å². The number of hydrogen-bond acceptors (Lipinski definition) is 2. The molecule has 0 unspecified atom stereocenters. The molecule has 2 aliphatic rings. The van der Waals surface area contributed by atoms with Crippen molar-refractivity contribution in [2.75, 3.05) is 6.54 Å². The average Bonchev–Trinajstić information content (AvgIpc) is 2.60. The standard InChI is InChI=1S/C10H16N2O/c1-3-8-7(2)12-6-4-5-9(12)10(13)11-8/h8-9H,2-6H2,1H3,(H,11,13)/t8-,9-/m0/s1. The van der Waals surface area contributed by atoms with Crippen molar-refractivity contribution in [1.82, 2.24) is 10.2 Å². The molecule has 0 radical (unpaired) electrons. The zero-order chi connectivity index (χ0) is 9.42. The summed E-state index contributed by atoms with van der Waals surface area (Å²) in [6.45, 7) is 7.14. The summed E-state index contributed by atoms with van der Waals surface area (Å²) in [5, 5.41) is 3.01. The van der Waals surface area contributed by atoms with Crippen LogP contribution in [0.25, 0.3) is 0 Å². The largest absolute Gasteiger partial charge is 0.362 e. The molecule has 0 aliphatic carbocycles. The minimum absolute atomic E-state index is 0.0790. The third-order valence-electron chi connectivity index (χ3n) is 3.05. The summed E-state index contributed by atoms with van der Waals surface area (Å²) >= 11 is 0. The van der Waals surface area contributed by atoms with Gasteiger partial charge in [0.1, 0.15) is 6.04 Å². The number of hydrogen-bond donors (Lipinski definition) is 1. The first-order valence-corrected chi connectivity index (χ1v) is 5.00. The maximum Gasteiger partial charge on any atom is 0.243 e. The van der Waals surface area contributed by atoms with Gasteiger partial charge in [0.15, 0.2) is 0 Å². The number of nitrogens with zero attached hydrogens (tertiary/aromatic N) is 1. The number of fused-ring (bicyclic) bond motifs is 1. The maximum absolute atomic E-state index is 11.6. The highest BCUT2D eigenvalue weighted by molar-refractivity contribution is 5.84. The van der Waals surface area contributed by atoms with E-state index in [1.807, 2.05) is 0 Å². The number of nitrogens with one attached hydrogen (secondary N) is 1. The lowest BCUT2D eigenvalue weighted by Crippen LogP contribution is -2.55. The molecule has 2 saturated heterocycles. The number of amides is 1. The van der Waals surface area contributed by atoms with Crippen LogP contribution in [0, 0.1) is 0 Å². The van der Waals surface area contributed by atoms with Gasteiger partial charge in [-0.05, 0) is 19.3 Å². The first-order chi connectivity index (χ1) is 6.24. The highest BCUT2D eigenvalue weighted by Crippen LogP contribution is 2.27. The number of piperazine rings is 1. The summed E-state index contributed by atoms with van der Waals surface area (Å²) in [5.41, 5.74) is 1.10. The van der Waals surface area contributed by atoms with Crippen molar-refractivity contribution in [2.45, 2.75) is 38.3 Å². The summed E-state index contributed by atoms with van der Waals surface area (Å²) in [6, 6.07) is 0.247. The molecule has 2 aliphatic heterocycles. The van der Waals surface area contributed by atoms with Crippen molar-refractivity contribution < 1.29 is 4.79 Å². The van der Waals surface area contributed by atoms with Gasteiger partial charge in [-0.25, -0.2) is 0 Å². The molecule has 2 rings (SSSR count). The molecule has 0 aromatic rings. The van der Waals surface area contributed by atoms with E-state index >= 15 is 0 Å². The van der Waals surface area contributed by atoms with E-state index in [9.17, 15) is 4.79 Å². The molecular weight excluding hydrogens is 164 g/mol. The van der Waals surface area contributed by atoms with Gasteiger partial charge in [-0.15, -0.1) is 0 Å². The van der Waals surface area contributed by atoms with Crippen molar-refractivity contribution in [3.05, 3.63) is 12.3 Å². The summed E-state index contributed by atoms with van der Waals surface area (Å²) in [5.74, 6) is 0.191. The van der Waals surface area contributed by atoms with Crippen molar-refractivity contribution in [1.29, 1.82) is 0 Å². The lowest BCUT2D eigenvalue weighted by molar-refractivity contribution is -0.127. The van der Waals surface area contributed by atoms with Crippen LogP contribution in [0.2, 0.25) is 0 Å². The van der Waals surface area contributed by atoms with Crippen molar-refractivity contribution in [2.24, 2.45) is 0 Å². The van der Waals surface area contributed by atoms with Gasteiger partial charge in [0, 0.05) is 12.2 Å². The Morgan fingerprint density at radius 2 is 2.46 bits per heavy atom. The predicted molar refractivity (Wildman–Crippen MR) is 51.1 cm³/mol. The van der Waals surface area contributed by atoms with E-state index in [-0.39, 0.29) is 18.0 Å². The van der Waals surface area contributed by atoms with E-state index in [1.165, 1.54) is 0 Å². The average molecular weight is 180 g/mol. The summed E-state index contributed by atoms with van der Waals surface area (Å²) in [6.07, 6.45) is 3.04. The molecule has 2 heterocycles. The van der Waals surface area contributed by atoms with Gasteiger partial charge in [0.05, 0.1) is 6.04 Å². The van der Waals surface area contributed by atoms with Crippen LogP contribution in [-0.4, -0.2) is 29.4 Å².